The van der Waals surface area contributed by atoms with Gasteiger partial charge in [-0.25, -0.2) is 9.97 Å². The van der Waals surface area contributed by atoms with E-state index in [1.54, 1.807) is 0 Å². The molecule has 0 spiro atoms. The molecule has 4 aliphatic rings. The average molecular weight is 460 g/mol. The fourth-order valence-electron chi connectivity index (χ4n) is 6.84. The molecule has 172 valence electrons. The summed E-state index contributed by atoms with van der Waals surface area (Å²) in [6.45, 7) is 4.58. The SMILES string of the molecule is CC(C)c1c(-c2cn(C)c3ncccc23)[nH]c2sc(C3CCC(NC45CC(C4)C5)CC3)nc12. The minimum absolute atomic E-state index is 0.406. The van der Waals surface area contributed by atoms with E-state index in [2.05, 4.69) is 53.0 Å². The third kappa shape index (κ3) is 3.06. The van der Waals surface area contributed by atoms with E-state index in [9.17, 15) is 0 Å². The summed E-state index contributed by atoms with van der Waals surface area (Å²) in [5.41, 5.74) is 6.57. The molecule has 5 nitrogen and oxygen atoms in total. The van der Waals surface area contributed by atoms with Gasteiger partial charge in [0.25, 0.3) is 0 Å². The van der Waals surface area contributed by atoms with Gasteiger partial charge in [-0.1, -0.05) is 13.8 Å². The summed E-state index contributed by atoms with van der Waals surface area (Å²) in [4.78, 5) is 14.9. The zero-order valence-electron chi connectivity index (χ0n) is 19.8. The molecule has 0 amide bonds. The van der Waals surface area contributed by atoms with E-state index in [0.29, 0.717) is 17.4 Å². The second-order valence-electron chi connectivity index (χ2n) is 11.3. The zero-order valence-corrected chi connectivity index (χ0v) is 20.6. The molecular weight excluding hydrogens is 426 g/mol. The predicted octanol–water partition coefficient (Wildman–Crippen LogP) is 6.47. The first-order valence-electron chi connectivity index (χ1n) is 12.7. The quantitative estimate of drug-likeness (QED) is 0.360. The van der Waals surface area contributed by atoms with Gasteiger partial charge in [-0.05, 0) is 68.9 Å². The van der Waals surface area contributed by atoms with E-state index in [4.69, 9.17) is 4.98 Å². The molecule has 0 saturated heterocycles. The van der Waals surface area contributed by atoms with Gasteiger partial charge >= 0.3 is 0 Å². The first kappa shape index (κ1) is 20.2. The summed E-state index contributed by atoms with van der Waals surface area (Å²) in [5, 5.41) is 6.57. The minimum Gasteiger partial charge on any atom is -0.345 e. The number of hydrogen-bond acceptors (Lipinski definition) is 4. The molecule has 0 radical (unpaired) electrons. The Labute approximate surface area is 199 Å². The number of nitrogens with zero attached hydrogens (tertiary/aromatic N) is 3. The lowest BCUT2D eigenvalue weighted by Crippen LogP contribution is -2.69. The second kappa shape index (κ2) is 7.16. The molecule has 8 rings (SSSR count). The number of rotatable bonds is 5. The summed E-state index contributed by atoms with van der Waals surface area (Å²) >= 11 is 1.89. The Morgan fingerprint density at radius 2 is 1.97 bits per heavy atom. The third-order valence-electron chi connectivity index (χ3n) is 8.61. The fourth-order valence-corrected chi connectivity index (χ4v) is 7.99. The van der Waals surface area contributed by atoms with E-state index < -0.39 is 0 Å². The van der Waals surface area contributed by atoms with Gasteiger partial charge in [-0.15, -0.1) is 11.3 Å². The molecule has 4 saturated carbocycles. The van der Waals surface area contributed by atoms with Crippen molar-refractivity contribution in [2.75, 3.05) is 0 Å². The van der Waals surface area contributed by atoms with Gasteiger partial charge in [0.1, 0.15) is 16.0 Å². The average Bonchev–Trinajstić information content (AvgIpc) is 3.41. The van der Waals surface area contributed by atoms with Gasteiger partial charge in [-0.3, -0.25) is 0 Å². The first-order valence-corrected chi connectivity index (χ1v) is 13.5. The van der Waals surface area contributed by atoms with Gasteiger partial charge < -0.3 is 14.9 Å². The van der Waals surface area contributed by atoms with Crippen LogP contribution in [0.2, 0.25) is 0 Å². The maximum atomic E-state index is 5.27. The van der Waals surface area contributed by atoms with Crippen LogP contribution in [-0.4, -0.2) is 31.1 Å². The van der Waals surface area contributed by atoms with Crippen LogP contribution in [0.5, 0.6) is 0 Å². The number of aromatic amines is 1. The summed E-state index contributed by atoms with van der Waals surface area (Å²) in [7, 11) is 2.08. The maximum Gasteiger partial charge on any atom is 0.140 e. The van der Waals surface area contributed by atoms with Gasteiger partial charge in [0, 0.05) is 53.5 Å². The van der Waals surface area contributed by atoms with Crippen molar-refractivity contribution in [1.82, 2.24) is 24.8 Å². The van der Waals surface area contributed by atoms with Crippen LogP contribution in [0.3, 0.4) is 0 Å². The Bertz CT molecular complexity index is 1330. The lowest BCUT2D eigenvalue weighted by molar-refractivity contribution is -0.0618. The topological polar surface area (TPSA) is 58.5 Å². The Hall–Kier alpha value is -2.18. The van der Waals surface area contributed by atoms with Crippen LogP contribution in [0.15, 0.2) is 24.5 Å². The number of pyridine rings is 1. The van der Waals surface area contributed by atoms with Gasteiger partial charge in [0.05, 0.1) is 10.7 Å². The molecule has 2 bridgehead atoms. The van der Waals surface area contributed by atoms with Crippen LogP contribution >= 0.6 is 11.3 Å². The number of aromatic nitrogens is 4. The molecule has 0 unspecified atom stereocenters. The molecule has 0 aromatic carbocycles. The highest BCUT2D eigenvalue weighted by Crippen LogP contribution is 2.57. The lowest BCUT2D eigenvalue weighted by Gasteiger charge is -2.63. The Morgan fingerprint density at radius 3 is 2.67 bits per heavy atom. The number of H-pyrrole nitrogens is 1. The van der Waals surface area contributed by atoms with Crippen LogP contribution in [-0.2, 0) is 7.05 Å². The molecule has 0 atom stereocenters. The summed E-state index contributed by atoms with van der Waals surface area (Å²) in [6, 6.07) is 4.93. The first-order chi connectivity index (χ1) is 16.0. The minimum atomic E-state index is 0.406. The zero-order chi connectivity index (χ0) is 22.3. The second-order valence-corrected chi connectivity index (χ2v) is 12.3. The number of nitrogens with one attached hydrogen (secondary N) is 2. The van der Waals surface area contributed by atoms with Crippen molar-refractivity contribution in [3.8, 4) is 11.3 Å². The fraction of sp³-hybridized carbons (Fsp3) is 0.556. The summed E-state index contributed by atoms with van der Waals surface area (Å²) in [5.74, 6) is 2.08. The van der Waals surface area contributed by atoms with Crippen molar-refractivity contribution in [2.24, 2.45) is 13.0 Å². The predicted molar refractivity (Wildman–Crippen MR) is 136 cm³/mol. The molecule has 0 aliphatic heterocycles. The monoisotopic (exact) mass is 459 g/mol. The highest BCUT2D eigenvalue weighted by molar-refractivity contribution is 7.18. The van der Waals surface area contributed by atoms with Crippen LogP contribution in [0, 0.1) is 5.92 Å². The van der Waals surface area contributed by atoms with Crippen molar-refractivity contribution < 1.29 is 0 Å². The van der Waals surface area contributed by atoms with Crippen molar-refractivity contribution in [3.63, 3.8) is 0 Å². The van der Waals surface area contributed by atoms with Crippen molar-refractivity contribution >= 4 is 32.7 Å². The molecule has 6 heteroatoms. The number of fused-ring (bicyclic) bond motifs is 2. The molecule has 4 fully saturated rings. The van der Waals surface area contributed by atoms with Crippen molar-refractivity contribution in [3.05, 3.63) is 35.1 Å². The molecular formula is C27H33N5S. The molecule has 4 aromatic rings. The number of hydrogen-bond donors (Lipinski definition) is 2. The molecule has 4 aliphatic carbocycles. The van der Waals surface area contributed by atoms with Crippen molar-refractivity contribution in [1.29, 1.82) is 0 Å². The number of aryl methyl sites for hydroxylation is 1. The summed E-state index contributed by atoms with van der Waals surface area (Å²) < 4.78 is 2.13. The molecule has 4 aromatic heterocycles. The van der Waals surface area contributed by atoms with Gasteiger partial charge in [0.2, 0.25) is 0 Å². The highest BCUT2D eigenvalue weighted by atomic mass is 32.1. The van der Waals surface area contributed by atoms with E-state index in [-0.39, 0.29) is 0 Å². The van der Waals surface area contributed by atoms with Crippen LogP contribution in [0.25, 0.3) is 32.6 Å². The van der Waals surface area contributed by atoms with E-state index >= 15 is 0 Å². The van der Waals surface area contributed by atoms with E-state index in [1.807, 2.05) is 23.6 Å². The largest absolute Gasteiger partial charge is 0.345 e. The van der Waals surface area contributed by atoms with Crippen LogP contribution in [0.4, 0.5) is 0 Å². The highest BCUT2D eigenvalue weighted by Gasteiger charge is 2.56. The maximum absolute atomic E-state index is 5.27. The Balaban J connectivity index is 1.18. The smallest absolute Gasteiger partial charge is 0.140 e. The van der Waals surface area contributed by atoms with Gasteiger partial charge in [0.15, 0.2) is 0 Å². The van der Waals surface area contributed by atoms with Gasteiger partial charge in [-0.2, -0.15) is 0 Å². The summed E-state index contributed by atoms with van der Waals surface area (Å²) in [6.07, 6.45) is 13.5. The van der Waals surface area contributed by atoms with E-state index in [1.165, 1.54) is 82.5 Å². The normalized spacial score (nSPS) is 29.0. The molecule has 33 heavy (non-hydrogen) atoms. The molecule has 2 N–H and O–H groups in total. The Kier molecular flexibility index (Phi) is 4.39. The number of thiazole rings is 1. The van der Waals surface area contributed by atoms with E-state index in [0.717, 1.165) is 17.6 Å². The van der Waals surface area contributed by atoms with Crippen molar-refractivity contribution in [2.45, 2.75) is 82.2 Å². The Morgan fingerprint density at radius 1 is 1.18 bits per heavy atom. The van der Waals surface area contributed by atoms with Crippen LogP contribution in [0.1, 0.15) is 81.2 Å². The standard InChI is InChI=1S/C27H33N5S/c1-15(2)21-22(20-14-32(3)24-19(20)5-4-10-28-24)29-26-23(21)30-25(33-26)17-6-8-18(9-7-17)31-27-11-16(12-27)13-27/h4-5,10,14-18,29,31H,6-9,11-13H2,1-3H3. The third-order valence-corrected chi connectivity index (χ3v) is 9.75. The molecule has 4 heterocycles. The lowest BCUT2D eigenvalue weighted by atomic mass is 9.49. The van der Waals surface area contributed by atoms with Crippen LogP contribution < -0.4 is 5.32 Å².